The van der Waals surface area contributed by atoms with Crippen LogP contribution in [0.5, 0.6) is 0 Å². The molecule has 0 radical (unpaired) electrons. The minimum absolute atomic E-state index is 0.709. The van der Waals surface area contributed by atoms with Crippen LogP contribution in [-0.4, -0.2) is 0 Å². The minimum Gasteiger partial charge on any atom is -0.0843 e. The van der Waals surface area contributed by atoms with Crippen LogP contribution >= 0.6 is 35.0 Å². The summed E-state index contributed by atoms with van der Waals surface area (Å²) in [6.45, 7) is 0. The van der Waals surface area contributed by atoms with Gasteiger partial charge in [-0.3, -0.25) is 0 Å². The molecule has 0 saturated carbocycles. The SMILES string of the molecule is Clc1ccc(C#CSC#Cc2ccc(Cl)cc2)cc1. The van der Waals surface area contributed by atoms with E-state index in [0.29, 0.717) is 10.0 Å². The van der Waals surface area contributed by atoms with Crippen LogP contribution < -0.4 is 0 Å². The third-order valence-corrected chi connectivity index (χ3v) is 3.09. The molecule has 2 aromatic rings. The van der Waals surface area contributed by atoms with E-state index in [4.69, 9.17) is 23.2 Å². The van der Waals surface area contributed by atoms with Crippen LogP contribution in [0.2, 0.25) is 10.0 Å². The van der Waals surface area contributed by atoms with Crippen molar-refractivity contribution in [1.29, 1.82) is 0 Å². The molecule has 0 heterocycles. The molecule has 0 saturated heterocycles. The first-order valence-corrected chi connectivity index (χ1v) is 7.00. The summed E-state index contributed by atoms with van der Waals surface area (Å²) in [5, 5.41) is 7.27. The van der Waals surface area contributed by atoms with E-state index in [2.05, 4.69) is 22.3 Å². The third kappa shape index (κ3) is 4.93. The van der Waals surface area contributed by atoms with E-state index in [0.717, 1.165) is 11.1 Å². The topological polar surface area (TPSA) is 0 Å². The zero-order chi connectivity index (χ0) is 13.5. The van der Waals surface area contributed by atoms with Gasteiger partial charge in [0.1, 0.15) is 0 Å². The van der Waals surface area contributed by atoms with Crippen molar-refractivity contribution in [3.05, 3.63) is 69.7 Å². The Bertz CT molecular complexity index is 604. The van der Waals surface area contributed by atoms with Gasteiger partial charge < -0.3 is 0 Å². The fourth-order valence-electron chi connectivity index (χ4n) is 1.26. The smallest absolute Gasteiger partial charge is 0.0406 e. The molecule has 2 rings (SSSR count). The Balaban J connectivity index is 1.94. The first-order valence-electron chi connectivity index (χ1n) is 5.43. The van der Waals surface area contributed by atoms with Crippen LogP contribution in [0.25, 0.3) is 0 Å². The van der Waals surface area contributed by atoms with Gasteiger partial charge in [0.05, 0.1) is 0 Å². The van der Waals surface area contributed by atoms with E-state index in [1.54, 1.807) is 0 Å². The van der Waals surface area contributed by atoms with Crippen molar-refractivity contribution < 1.29 is 0 Å². The van der Waals surface area contributed by atoms with Gasteiger partial charge >= 0.3 is 0 Å². The Morgan fingerprint density at radius 1 is 0.632 bits per heavy atom. The lowest BCUT2D eigenvalue weighted by atomic mass is 10.2. The van der Waals surface area contributed by atoms with Gasteiger partial charge in [-0.2, -0.15) is 0 Å². The van der Waals surface area contributed by atoms with Crippen molar-refractivity contribution in [2.45, 2.75) is 0 Å². The van der Waals surface area contributed by atoms with E-state index >= 15 is 0 Å². The van der Waals surface area contributed by atoms with Crippen LogP contribution in [0.4, 0.5) is 0 Å². The highest BCUT2D eigenvalue weighted by atomic mass is 35.5. The number of thioether (sulfide) groups is 1. The molecule has 3 heteroatoms. The summed E-state index contributed by atoms with van der Waals surface area (Å²) in [5.74, 6) is 6.00. The monoisotopic (exact) mass is 302 g/mol. The van der Waals surface area contributed by atoms with Crippen molar-refractivity contribution in [1.82, 2.24) is 0 Å². The molecule has 0 nitrogen and oxygen atoms in total. The Morgan fingerprint density at radius 3 is 1.37 bits per heavy atom. The molecule has 0 spiro atoms. The van der Waals surface area contributed by atoms with Crippen molar-refractivity contribution in [3.63, 3.8) is 0 Å². The summed E-state index contributed by atoms with van der Waals surface area (Å²) in [5.41, 5.74) is 1.84. The normalized spacial score (nSPS) is 8.95. The van der Waals surface area contributed by atoms with Crippen molar-refractivity contribution >= 4 is 35.0 Å². The predicted molar refractivity (Wildman–Crippen MR) is 84.3 cm³/mol. The van der Waals surface area contributed by atoms with E-state index < -0.39 is 0 Å². The Kier molecular flexibility index (Phi) is 5.25. The van der Waals surface area contributed by atoms with E-state index in [1.165, 1.54) is 11.8 Å². The average Bonchev–Trinajstić information content (AvgIpc) is 2.43. The van der Waals surface area contributed by atoms with Crippen LogP contribution in [0.3, 0.4) is 0 Å². The van der Waals surface area contributed by atoms with Gasteiger partial charge in [-0.05, 0) is 59.0 Å². The molecular formula is C16H8Cl2S. The maximum atomic E-state index is 5.79. The third-order valence-electron chi connectivity index (χ3n) is 2.18. The molecule has 92 valence electrons. The van der Waals surface area contributed by atoms with Crippen molar-refractivity contribution in [3.8, 4) is 22.3 Å². The zero-order valence-electron chi connectivity index (χ0n) is 9.78. The van der Waals surface area contributed by atoms with E-state index in [1.807, 2.05) is 48.5 Å². The number of rotatable bonds is 0. The molecule has 0 unspecified atom stereocenters. The predicted octanol–water partition coefficient (Wildman–Crippen LogP) is 5.04. The molecule has 19 heavy (non-hydrogen) atoms. The van der Waals surface area contributed by atoms with Crippen molar-refractivity contribution in [2.24, 2.45) is 0 Å². The second-order valence-electron chi connectivity index (χ2n) is 3.57. The van der Waals surface area contributed by atoms with Gasteiger partial charge in [-0.25, -0.2) is 0 Å². The molecule has 0 amide bonds. The Hall–Kier alpha value is -1.51. The molecule has 0 aliphatic rings. The largest absolute Gasteiger partial charge is 0.0843 e. The second-order valence-corrected chi connectivity index (χ2v) is 5.06. The van der Waals surface area contributed by atoms with Gasteiger partial charge in [0.15, 0.2) is 0 Å². The van der Waals surface area contributed by atoms with Gasteiger partial charge in [0.2, 0.25) is 0 Å². The molecule has 0 atom stereocenters. The summed E-state index contributed by atoms with van der Waals surface area (Å²) in [6, 6.07) is 14.8. The molecule has 2 aromatic carbocycles. The first-order chi connectivity index (χ1) is 9.24. The molecule has 0 aromatic heterocycles. The summed E-state index contributed by atoms with van der Waals surface area (Å²) in [4.78, 5) is 0. The van der Waals surface area contributed by atoms with Gasteiger partial charge in [0, 0.05) is 32.9 Å². The Morgan fingerprint density at radius 2 is 1.00 bits per heavy atom. The minimum atomic E-state index is 0.709. The summed E-state index contributed by atoms with van der Waals surface area (Å²) in [7, 11) is 0. The van der Waals surface area contributed by atoms with Crippen LogP contribution in [0.15, 0.2) is 48.5 Å². The summed E-state index contributed by atoms with van der Waals surface area (Å²) >= 11 is 12.8. The fourth-order valence-corrected chi connectivity index (χ4v) is 1.90. The Labute approximate surface area is 127 Å². The average molecular weight is 303 g/mol. The van der Waals surface area contributed by atoms with Gasteiger partial charge in [-0.15, -0.1) is 0 Å². The van der Waals surface area contributed by atoms with Crippen LogP contribution in [0.1, 0.15) is 11.1 Å². The lowest BCUT2D eigenvalue weighted by Crippen LogP contribution is -1.71. The summed E-state index contributed by atoms with van der Waals surface area (Å²) in [6.07, 6.45) is 0. The lowest BCUT2D eigenvalue weighted by molar-refractivity contribution is 1.65. The second kappa shape index (κ2) is 7.17. The quantitative estimate of drug-likeness (QED) is 0.614. The highest BCUT2D eigenvalue weighted by Gasteiger charge is 1.87. The lowest BCUT2D eigenvalue weighted by Gasteiger charge is -1.89. The first kappa shape index (κ1) is 13.9. The summed E-state index contributed by atoms with van der Waals surface area (Å²) < 4.78 is 0. The number of halogens is 2. The molecule has 0 bridgehead atoms. The molecular weight excluding hydrogens is 295 g/mol. The standard InChI is InChI=1S/C16H8Cl2S/c17-15-5-1-13(2-6-15)9-11-19-12-10-14-3-7-16(18)8-4-14/h1-8H. The molecule has 0 aliphatic heterocycles. The highest BCUT2D eigenvalue weighted by Crippen LogP contribution is 2.10. The van der Waals surface area contributed by atoms with Crippen LogP contribution in [0, 0.1) is 22.3 Å². The maximum absolute atomic E-state index is 5.79. The van der Waals surface area contributed by atoms with Crippen molar-refractivity contribution in [2.75, 3.05) is 0 Å². The van der Waals surface area contributed by atoms with Crippen LogP contribution in [-0.2, 0) is 0 Å². The molecule has 0 fully saturated rings. The fraction of sp³-hybridized carbons (Fsp3) is 0. The highest BCUT2D eigenvalue weighted by molar-refractivity contribution is 8.08. The number of hydrogen-bond acceptors (Lipinski definition) is 1. The van der Waals surface area contributed by atoms with Gasteiger partial charge in [0.25, 0.3) is 0 Å². The molecule has 0 aliphatic carbocycles. The number of benzene rings is 2. The zero-order valence-corrected chi connectivity index (χ0v) is 12.1. The van der Waals surface area contributed by atoms with E-state index in [9.17, 15) is 0 Å². The number of hydrogen-bond donors (Lipinski definition) is 0. The van der Waals surface area contributed by atoms with Gasteiger partial charge in [-0.1, -0.05) is 35.0 Å². The maximum Gasteiger partial charge on any atom is 0.0406 e. The molecule has 0 N–H and O–H groups in total. The van der Waals surface area contributed by atoms with E-state index in [-0.39, 0.29) is 0 Å².